The van der Waals surface area contributed by atoms with Crippen LogP contribution in [-0.4, -0.2) is 50.5 Å². The number of hydrogen-bond donors (Lipinski definition) is 1. The molecule has 0 radical (unpaired) electrons. The molecule has 0 spiro atoms. The van der Waals surface area contributed by atoms with Crippen molar-refractivity contribution >= 4 is 39.1 Å². The normalized spacial score (nSPS) is 12.3. The van der Waals surface area contributed by atoms with Crippen molar-refractivity contribution in [3.8, 4) is 0 Å². The number of rotatable bonds is 11. The highest BCUT2D eigenvalue weighted by Crippen LogP contribution is 2.23. The smallest absolute Gasteiger partial charge is 0.244 e. The van der Waals surface area contributed by atoms with Crippen molar-refractivity contribution in [2.75, 3.05) is 23.7 Å². The van der Waals surface area contributed by atoms with E-state index in [4.69, 9.17) is 11.6 Å². The fraction of sp³-hybridized carbons (Fsp3) is 0.440. The molecule has 7 nitrogen and oxygen atoms in total. The fourth-order valence-corrected chi connectivity index (χ4v) is 4.47. The summed E-state index contributed by atoms with van der Waals surface area (Å²) in [4.78, 5) is 27.6. The van der Waals surface area contributed by atoms with Crippen molar-refractivity contribution in [1.29, 1.82) is 0 Å². The lowest BCUT2D eigenvalue weighted by Gasteiger charge is -2.31. The Morgan fingerprint density at radius 3 is 2.18 bits per heavy atom. The van der Waals surface area contributed by atoms with Crippen LogP contribution in [0.5, 0.6) is 0 Å². The van der Waals surface area contributed by atoms with Gasteiger partial charge in [-0.15, -0.1) is 0 Å². The monoisotopic (exact) mass is 507 g/mol. The van der Waals surface area contributed by atoms with Gasteiger partial charge in [-0.05, 0) is 48.6 Å². The molecule has 0 aromatic heterocycles. The van der Waals surface area contributed by atoms with Crippen LogP contribution >= 0.6 is 11.6 Å². The van der Waals surface area contributed by atoms with E-state index in [0.717, 1.165) is 22.5 Å². The largest absolute Gasteiger partial charge is 0.354 e. The Balaban J connectivity index is 2.38. The summed E-state index contributed by atoms with van der Waals surface area (Å²) in [5.74, 6) is -0.525. The molecule has 1 N–H and O–H groups in total. The maximum absolute atomic E-state index is 13.5. The molecule has 0 heterocycles. The van der Waals surface area contributed by atoms with Crippen molar-refractivity contribution < 1.29 is 18.0 Å². The molecule has 2 aromatic rings. The van der Waals surface area contributed by atoms with Gasteiger partial charge in [0, 0.05) is 18.1 Å². The van der Waals surface area contributed by atoms with Crippen LogP contribution in [0.4, 0.5) is 5.69 Å². The Labute approximate surface area is 208 Å². The van der Waals surface area contributed by atoms with Gasteiger partial charge < -0.3 is 10.2 Å². The number of sulfonamides is 1. The van der Waals surface area contributed by atoms with Crippen molar-refractivity contribution in [3.63, 3.8) is 0 Å². The first-order valence-electron chi connectivity index (χ1n) is 11.3. The van der Waals surface area contributed by atoms with E-state index in [1.54, 1.807) is 43.3 Å². The van der Waals surface area contributed by atoms with Gasteiger partial charge in [-0.25, -0.2) is 8.42 Å². The first-order valence-corrected chi connectivity index (χ1v) is 13.6. The SMILES string of the molecule is CCCNC(=O)[C@@H](C)N(Cc1ccccc1Cl)C(=O)CN(c1ccc(C(C)C)cc1)S(C)(=O)=O. The zero-order valence-corrected chi connectivity index (χ0v) is 22.0. The summed E-state index contributed by atoms with van der Waals surface area (Å²) in [6, 6.07) is 13.3. The van der Waals surface area contributed by atoms with Crippen molar-refractivity contribution in [1.82, 2.24) is 10.2 Å². The molecule has 0 bridgehead atoms. The standard InChI is InChI=1S/C25H34ClN3O4S/c1-6-15-27-25(31)19(4)28(16-21-9-7-8-10-23(21)26)24(30)17-29(34(5,32)33)22-13-11-20(12-14-22)18(2)3/h7-14,18-19H,6,15-17H2,1-5H3,(H,27,31)/t19-/m1/s1. The molecule has 0 unspecified atom stereocenters. The number of halogens is 1. The topological polar surface area (TPSA) is 86.8 Å². The van der Waals surface area contributed by atoms with Crippen LogP contribution in [0.15, 0.2) is 48.5 Å². The quantitative estimate of drug-likeness (QED) is 0.494. The number of nitrogens with zero attached hydrogens (tertiary/aromatic N) is 2. The van der Waals surface area contributed by atoms with E-state index in [1.807, 2.05) is 32.9 Å². The summed E-state index contributed by atoms with van der Waals surface area (Å²) in [5.41, 5.74) is 2.12. The molecule has 0 aliphatic rings. The Bertz CT molecular complexity index is 1090. The summed E-state index contributed by atoms with van der Waals surface area (Å²) in [6.45, 7) is 7.77. The fourth-order valence-electron chi connectivity index (χ4n) is 3.43. The van der Waals surface area contributed by atoms with Crippen LogP contribution in [0.1, 0.15) is 51.2 Å². The van der Waals surface area contributed by atoms with Gasteiger partial charge in [-0.3, -0.25) is 13.9 Å². The van der Waals surface area contributed by atoms with Crippen molar-refractivity contribution in [2.45, 2.75) is 52.6 Å². The molecule has 1 atom stereocenters. The number of carbonyl (C=O) groups excluding carboxylic acids is 2. The molecular weight excluding hydrogens is 474 g/mol. The van der Waals surface area contributed by atoms with Crippen LogP contribution in [0.25, 0.3) is 0 Å². The summed E-state index contributed by atoms with van der Waals surface area (Å²) in [6.07, 6.45) is 1.82. The second-order valence-corrected chi connectivity index (χ2v) is 10.9. The Morgan fingerprint density at radius 1 is 1.03 bits per heavy atom. The molecule has 34 heavy (non-hydrogen) atoms. The summed E-state index contributed by atoms with van der Waals surface area (Å²) in [5, 5.41) is 3.27. The third-order valence-electron chi connectivity index (χ3n) is 5.54. The lowest BCUT2D eigenvalue weighted by Crippen LogP contribution is -2.51. The predicted molar refractivity (Wildman–Crippen MR) is 137 cm³/mol. The van der Waals surface area contributed by atoms with Crippen molar-refractivity contribution in [2.24, 2.45) is 0 Å². The number of nitrogens with one attached hydrogen (secondary N) is 1. The summed E-state index contributed by atoms with van der Waals surface area (Å²) in [7, 11) is -3.76. The molecule has 9 heteroatoms. The minimum atomic E-state index is -3.76. The number of hydrogen-bond acceptors (Lipinski definition) is 4. The van der Waals surface area contributed by atoms with Gasteiger partial charge in [0.1, 0.15) is 12.6 Å². The number of benzene rings is 2. The third-order valence-corrected chi connectivity index (χ3v) is 7.05. The molecule has 2 amide bonds. The van der Waals surface area contributed by atoms with E-state index >= 15 is 0 Å². The highest BCUT2D eigenvalue weighted by molar-refractivity contribution is 7.92. The number of amides is 2. The highest BCUT2D eigenvalue weighted by atomic mass is 35.5. The lowest BCUT2D eigenvalue weighted by molar-refractivity contribution is -0.139. The maximum Gasteiger partial charge on any atom is 0.244 e. The second kappa shape index (κ2) is 12.2. The minimum absolute atomic E-state index is 0.0725. The van der Waals surface area contributed by atoms with Gasteiger partial charge in [-0.1, -0.05) is 62.7 Å². The molecule has 186 valence electrons. The predicted octanol–water partition coefficient (Wildman–Crippen LogP) is 4.17. The Morgan fingerprint density at radius 2 is 1.65 bits per heavy atom. The molecule has 2 rings (SSSR count). The molecular formula is C25H34ClN3O4S. The first kappa shape index (κ1) is 27.7. The van der Waals surface area contributed by atoms with E-state index in [9.17, 15) is 18.0 Å². The van der Waals surface area contributed by atoms with Gasteiger partial charge in [0.15, 0.2) is 0 Å². The first-order chi connectivity index (χ1) is 16.0. The van der Waals surface area contributed by atoms with E-state index in [-0.39, 0.29) is 18.4 Å². The van der Waals surface area contributed by atoms with E-state index < -0.39 is 28.5 Å². The third kappa shape index (κ3) is 7.46. The highest BCUT2D eigenvalue weighted by Gasteiger charge is 2.30. The van der Waals surface area contributed by atoms with Gasteiger partial charge >= 0.3 is 0 Å². The number of anilines is 1. The van der Waals surface area contributed by atoms with E-state index in [1.165, 1.54) is 4.90 Å². The van der Waals surface area contributed by atoms with Gasteiger partial charge in [-0.2, -0.15) is 0 Å². The van der Waals surface area contributed by atoms with E-state index in [0.29, 0.717) is 22.8 Å². The molecule has 0 fully saturated rings. The molecule has 0 aliphatic heterocycles. The average Bonchev–Trinajstić information content (AvgIpc) is 2.79. The summed E-state index contributed by atoms with van der Waals surface area (Å²) < 4.78 is 26.3. The lowest BCUT2D eigenvalue weighted by atomic mass is 10.0. The molecule has 0 aliphatic carbocycles. The van der Waals surface area contributed by atoms with E-state index in [2.05, 4.69) is 5.32 Å². The van der Waals surface area contributed by atoms with Crippen LogP contribution < -0.4 is 9.62 Å². The van der Waals surface area contributed by atoms with Crippen LogP contribution in [0, 0.1) is 0 Å². The Hall–Kier alpha value is -2.58. The van der Waals surface area contributed by atoms with Gasteiger partial charge in [0.05, 0.1) is 11.9 Å². The van der Waals surface area contributed by atoms with Crippen molar-refractivity contribution in [3.05, 3.63) is 64.7 Å². The zero-order valence-electron chi connectivity index (χ0n) is 20.4. The Kier molecular flexibility index (Phi) is 9.94. The van der Waals surface area contributed by atoms with Crippen LogP contribution in [0.3, 0.4) is 0 Å². The number of carbonyl (C=O) groups is 2. The summed E-state index contributed by atoms with van der Waals surface area (Å²) >= 11 is 6.31. The van der Waals surface area contributed by atoms with Gasteiger partial charge in [0.2, 0.25) is 21.8 Å². The average molecular weight is 508 g/mol. The minimum Gasteiger partial charge on any atom is -0.354 e. The zero-order chi connectivity index (χ0) is 25.5. The van der Waals surface area contributed by atoms with Crippen LogP contribution in [-0.2, 0) is 26.2 Å². The van der Waals surface area contributed by atoms with Crippen LogP contribution in [0.2, 0.25) is 5.02 Å². The molecule has 0 saturated heterocycles. The second-order valence-electron chi connectivity index (χ2n) is 8.60. The molecule has 2 aromatic carbocycles. The molecule has 0 saturated carbocycles. The maximum atomic E-state index is 13.5. The van der Waals surface area contributed by atoms with Gasteiger partial charge in [0.25, 0.3) is 0 Å².